The van der Waals surface area contributed by atoms with Crippen molar-refractivity contribution in [1.82, 2.24) is 0 Å². The highest BCUT2D eigenvalue weighted by Gasteiger charge is 2.15. The lowest BCUT2D eigenvalue weighted by atomic mass is 10.1. The molecule has 0 amide bonds. The molecular weight excluding hydrogens is 384 g/mol. The second-order valence-electron chi connectivity index (χ2n) is 5.43. The molecule has 0 saturated carbocycles. The normalized spacial score (nSPS) is 10.6. The average Bonchev–Trinajstić information content (AvgIpc) is 2.62. The van der Waals surface area contributed by atoms with E-state index in [9.17, 15) is 4.79 Å². The number of hydrogen-bond acceptors (Lipinski definition) is 4. The second kappa shape index (κ2) is 7.57. The number of para-hydroxylation sites is 1. The number of hydrogen-bond donors (Lipinski definition) is 0. The molecule has 25 heavy (non-hydrogen) atoms. The Hall–Kier alpha value is -2.53. The van der Waals surface area contributed by atoms with E-state index < -0.39 is 5.63 Å². The molecule has 3 aromatic rings. The Morgan fingerprint density at radius 1 is 1.24 bits per heavy atom. The van der Waals surface area contributed by atoms with Crippen LogP contribution in [0.4, 0.5) is 0 Å². The van der Waals surface area contributed by atoms with Gasteiger partial charge in [-0.2, -0.15) is 0 Å². The maximum Gasteiger partial charge on any atom is 0.379 e. The van der Waals surface area contributed by atoms with Crippen molar-refractivity contribution in [3.05, 3.63) is 81.1 Å². The van der Waals surface area contributed by atoms with Crippen LogP contribution >= 0.6 is 15.9 Å². The van der Waals surface area contributed by atoms with Crippen molar-refractivity contribution in [2.24, 2.45) is 0 Å². The quantitative estimate of drug-likeness (QED) is 0.437. The van der Waals surface area contributed by atoms with Crippen LogP contribution in [0.3, 0.4) is 0 Å². The second-order valence-corrected chi connectivity index (χ2v) is 6.29. The van der Waals surface area contributed by atoms with Crippen molar-refractivity contribution in [3.63, 3.8) is 0 Å². The zero-order chi connectivity index (χ0) is 17.8. The van der Waals surface area contributed by atoms with Crippen molar-refractivity contribution in [3.8, 4) is 11.5 Å². The largest absolute Gasteiger partial charge is 0.497 e. The molecular formula is C20H17BrO4. The third-order valence-electron chi connectivity index (χ3n) is 3.85. The van der Waals surface area contributed by atoms with Crippen LogP contribution < -0.4 is 15.1 Å². The van der Waals surface area contributed by atoms with Crippen molar-refractivity contribution >= 4 is 26.9 Å². The van der Waals surface area contributed by atoms with Crippen LogP contribution in [-0.4, -0.2) is 7.11 Å². The van der Waals surface area contributed by atoms with Crippen LogP contribution in [0, 0.1) is 0 Å². The highest BCUT2D eigenvalue weighted by Crippen LogP contribution is 2.28. The maximum absolute atomic E-state index is 12.4. The highest BCUT2D eigenvalue weighted by atomic mass is 79.9. The van der Waals surface area contributed by atoms with E-state index >= 15 is 0 Å². The molecule has 0 atom stereocenters. The van der Waals surface area contributed by atoms with Gasteiger partial charge in [-0.25, -0.2) is 4.79 Å². The topological polar surface area (TPSA) is 48.7 Å². The van der Waals surface area contributed by atoms with Gasteiger partial charge in [-0.1, -0.05) is 40.2 Å². The molecule has 0 saturated heterocycles. The molecule has 1 heterocycles. The number of fused-ring (bicyclic) bond motifs is 1. The minimum atomic E-state index is -0.491. The summed E-state index contributed by atoms with van der Waals surface area (Å²) in [7, 11) is 1.61. The highest BCUT2D eigenvalue weighted by molar-refractivity contribution is 9.10. The van der Waals surface area contributed by atoms with Crippen LogP contribution in [0.5, 0.6) is 11.5 Å². The van der Waals surface area contributed by atoms with Gasteiger partial charge >= 0.3 is 5.63 Å². The summed E-state index contributed by atoms with van der Waals surface area (Å²) in [6.45, 7) is 3.99. The van der Waals surface area contributed by atoms with Gasteiger partial charge in [-0.15, -0.1) is 6.58 Å². The van der Waals surface area contributed by atoms with Gasteiger partial charge in [0.25, 0.3) is 0 Å². The van der Waals surface area contributed by atoms with Crippen molar-refractivity contribution in [2.45, 2.75) is 13.0 Å². The first-order valence-corrected chi connectivity index (χ1v) is 8.54. The smallest absolute Gasteiger partial charge is 0.379 e. The van der Waals surface area contributed by atoms with Gasteiger partial charge in [0, 0.05) is 21.0 Å². The van der Waals surface area contributed by atoms with E-state index in [2.05, 4.69) is 22.5 Å². The van der Waals surface area contributed by atoms with E-state index in [0.717, 1.165) is 26.7 Å². The molecule has 0 spiro atoms. The molecule has 2 aromatic carbocycles. The third-order valence-corrected chi connectivity index (χ3v) is 4.62. The van der Waals surface area contributed by atoms with E-state index in [0.29, 0.717) is 12.0 Å². The van der Waals surface area contributed by atoms with Crippen LogP contribution in [-0.2, 0) is 13.0 Å². The summed E-state index contributed by atoms with van der Waals surface area (Å²) >= 11 is 3.49. The predicted molar refractivity (Wildman–Crippen MR) is 101 cm³/mol. The van der Waals surface area contributed by atoms with Gasteiger partial charge in [0.2, 0.25) is 5.75 Å². The van der Waals surface area contributed by atoms with Crippen LogP contribution in [0.25, 0.3) is 11.0 Å². The summed E-state index contributed by atoms with van der Waals surface area (Å²) in [6.07, 6.45) is 2.26. The molecule has 0 fully saturated rings. The van der Waals surface area contributed by atoms with Gasteiger partial charge in [-0.05, 0) is 30.7 Å². The van der Waals surface area contributed by atoms with Gasteiger partial charge < -0.3 is 13.9 Å². The standard InChI is InChI=1S/C20H17BrO4/c1-3-6-16-15-7-4-5-8-18(15)25-20(22)19(16)24-12-13-11-14(23-2)9-10-17(13)21/h3-5,7-11H,1,6,12H2,2H3. The maximum atomic E-state index is 12.4. The number of ether oxygens (including phenoxy) is 2. The first kappa shape index (κ1) is 17.3. The Bertz CT molecular complexity index is 975. The summed E-state index contributed by atoms with van der Waals surface area (Å²) < 4.78 is 17.4. The molecule has 0 aliphatic heterocycles. The molecule has 5 heteroatoms. The fourth-order valence-corrected chi connectivity index (χ4v) is 2.99. The fourth-order valence-electron chi connectivity index (χ4n) is 2.63. The molecule has 0 unspecified atom stereocenters. The van der Waals surface area contributed by atoms with E-state index in [1.807, 2.05) is 36.4 Å². The predicted octanol–water partition coefficient (Wildman–Crippen LogP) is 4.87. The number of methoxy groups -OCH3 is 1. The van der Waals surface area contributed by atoms with Gasteiger partial charge in [0.15, 0.2) is 0 Å². The van der Waals surface area contributed by atoms with Gasteiger partial charge in [0.05, 0.1) is 7.11 Å². The van der Waals surface area contributed by atoms with E-state index in [4.69, 9.17) is 13.9 Å². The van der Waals surface area contributed by atoms with E-state index in [1.165, 1.54) is 0 Å². The number of halogens is 1. The molecule has 128 valence electrons. The molecule has 0 radical (unpaired) electrons. The SMILES string of the molecule is C=CCc1c(OCc2cc(OC)ccc2Br)c(=O)oc2ccccc12. The van der Waals surface area contributed by atoms with Crippen molar-refractivity contribution in [2.75, 3.05) is 7.11 Å². The zero-order valence-electron chi connectivity index (χ0n) is 13.8. The molecule has 1 aromatic heterocycles. The Labute approximate surface area is 153 Å². The Morgan fingerprint density at radius 3 is 2.80 bits per heavy atom. The summed E-state index contributed by atoms with van der Waals surface area (Å²) in [6, 6.07) is 13.0. The lowest BCUT2D eigenvalue weighted by Gasteiger charge is -2.13. The van der Waals surface area contributed by atoms with E-state index in [1.54, 1.807) is 19.3 Å². The third kappa shape index (κ3) is 3.61. The minimum absolute atomic E-state index is 0.213. The van der Waals surface area contributed by atoms with Gasteiger partial charge in [-0.3, -0.25) is 0 Å². The number of allylic oxidation sites excluding steroid dienone is 1. The Kier molecular flexibility index (Phi) is 5.24. The lowest BCUT2D eigenvalue weighted by Crippen LogP contribution is -2.11. The zero-order valence-corrected chi connectivity index (χ0v) is 15.3. The first-order valence-electron chi connectivity index (χ1n) is 7.75. The van der Waals surface area contributed by atoms with Crippen LogP contribution in [0.15, 0.2) is 68.8 Å². The molecule has 0 N–H and O–H groups in total. The van der Waals surface area contributed by atoms with Crippen molar-refractivity contribution < 1.29 is 13.9 Å². The molecule has 0 aliphatic carbocycles. The summed E-state index contributed by atoms with van der Waals surface area (Å²) in [5.41, 5.74) is 1.70. The van der Waals surface area contributed by atoms with Crippen molar-refractivity contribution in [1.29, 1.82) is 0 Å². The number of benzene rings is 2. The monoisotopic (exact) mass is 400 g/mol. The average molecular weight is 401 g/mol. The molecule has 3 rings (SSSR count). The molecule has 0 bridgehead atoms. The van der Waals surface area contributed by atoms with Crippen LogP contribution in [0.1, 0.15) is 11.1 Å². The molecule has 4 nitrogen and oxygen atoms in total. The molecule has 0 aliphatic rings. The minimum Gasteiger partial charge on any atom is -0.497 e. The van der Waals surface area contributed by atoms with Crippen LogP contribution in [0.2, 0.25) is 0 Å². The Morgan fingerprint density at radius 2 is 2.04 bits per heavy atom. The first-order chi connectivity index (χ1) is 12.1. The Balaban J connectivity index is 2.01. The van der Waals surface area contributed by atoms with E-state index in [-0.39, 0.29) is 12.4 Å². The number of rotatable bonds is 6. The van der Waals surface area contributed by atoms with Gasteiger partial charge in [0.1, 0.15) is 17.9 Å². The fraction of sp³-hybridized carbons (Fsp3) is 0.150. The summed E-state index contributed by atoms with van der Waals surface area (Å²) in [5, 5.41) is 0.849. The summed E-state index contributed by atoms with van der Waals surface area (Å²) in [4.78, 5) is 12.4. The summed E-state index contributed by atoms with van der Waals surface area (Å²) in [5.74, 6) is 0.937. The lowest BCUT2D eigenvalue weighted by molar-refractivity contribution is 0.287.